The van der Waals surface area contributed by atoms with Crippen LogP contribution >= 0.6 is 0 Å². The molecule has 9 heteroatoms. The van der Waals surface area contributed by atoms with Gasteiger partial charge in [-0.2, -0.15) is 10.5 Å². The molecule has 26 heavy (non-hydrogen) atoms. The van der Waals surface area contributed by atoms with Crippen LogP contribution < -0.4 is 0 Å². The average Bonchev–Trinajstić information content (AvgIpc) is 2.59. The molecule has 2 rings (SSSR count). The molecule has 9 nitrogen and oxygen atoms in total. The number of nitro groups is 2. The van der Waals surface area contributed by atoms with E-state index in [0.29, 0.717) is 0 Å². The Balaban J connectivity index is 2.61. The molecule has 0 heterocycles. The number of nitrogens with zero attached hydrogens (tertiary/aromatic N) is 4. The molecule has 0 unspecified atom stereocenters. The predicted octanol–water partition coefficient (Wildman–Crippen LogP) is 2.21. The van der Waals surface area contributed by atoms with E-state index in [1.807, 2.05) is 0 Å². The molecule has 2 aromatic carbocycles. The quantitative estimate of drug-likeness (QED) is 0.440. The predicted molar refractivity (Wildman–Crippen MR) is 87.1 cm³/mol. The number of hydrogen-bond donors (Lipinski definition) is 0. The molecule has 0 saturated carbocycles. The Morgan fingerprint density at radius 2 is 1.23 bits per heavy atom. The van der Waals surface area contributed by atoms with Crippen molar-refractivity contribution in [2.75, 3.05) is 0 Å². The van der Waals surface area contributed by atoms with Gasteiger partial charge in [0, 0.05) is 32.1 Å². The first kappa shape index (κ1) is 18.2. The van der Waals surface area contributed by atoms with Gasteiger partial charge in [-0.15, -0.1) is 0 Å². The number of hydrogen-bond acceptors (Lipinski definition) is 7. The first-order valence-electron chi connectivity index (χ1n) is 7.21. The van der Waals surface area contributed by atoms with E-state index >= 15 is 0 Å². The molecule has 0 aliphatic heterocycles. The maximum Gasteiger partial charge on any atom is 0.230 e. The van der Waals surface area contributed by atoms with Crippen molar-refractivity contribution in [2.24, 2.45) is 0 Å². The van der Waals surface area contributed by atoms with Crippen LogP contribution in [0.1, 0.15) is 38.2 Å². The number of ketones is 1. The second-order valence-corrected chi connectivity index (χ2v) is 5.21. The summed E-state index contributed by atoms with van der Waals surface area (Å²) < 4.78 is 0. The number of carbonyl (C=O) groups excluding carboxylic acids is 1. The van der Waals surface area contributed by atoms with Crippen molar-refractivity contribution in [2.45, 2.75) is 13.1 Å². The first-order chi connectivity index (χ1) is 12.4. The first-order valence-corrected chi connectivity index (χ1v) is 7.21. The maximum atomic E-state index is 12.8. The summed E-state index contributed by atoms with van der Waals surface area (Å²) in [4.78, 5) is 33.1. The molecule has 0 atom stereocenters. The molecule has 0 radical (unpaired) electrons. The summed E-state index contributed by atoms with van der Waals surface area (Å²) in [5.74, 6) is -0.700. The fourth-order valence-corrected chi connectivity index (χ4v) is 2.53. The lowest BCUT2D eigenvalue weighted by Crippen LogP contribution is -2.12. The van der Waals surface area contributed by atoms with Gasteiger partial charge < -0.3 is 0 Å². The van der Waals surface area contributed by atoms with Crippen molar-refractivity contribution in [3.63, 3.8) is 0 Å². The highest BCUT2D eigenvalue weighted by atomic mass is 16.6. The molecule has 0 aliphatic rings. The summed E-state index contributed by atoms with van der Waals surface area (Å²) in [6.45, 7) is -1.26. The summed E-state index contributed by atoms with van der Waals surface area (Å²) in [7, 11) is 0. The Kier molecular flexibility index (Phi) is 5.36. The second kappa shape index (κ2) is 7.64. The lowest BCUT2D eigenvalue weighted by atomic mass is 9.91. The Bertz CT molecular complexity index is 922. The van der Waals surface area contributed by atoms with E-state index in [9.17, 15) is 35.5 Å². The van der Waals surface area contributed by atoms with Crippen LogP contribution in [0.15, 0.2) is 36.4 Å². The number of nitriles is 2. The summed E-state index contributed by atoms with van der Waals surface area (Å²) >= 11 is 0. The van der Waals surface area contributed by atoms with Crippen molar-refractivity contribution < 1.29 is 14.6 Å². The third-order valence-corrected chi connectivity index (χ3v) is 3.61. The van der Waals surface area contributed by atoms with Crippen LogP contribution in [0.2, 0.25) is 0 Å². The summed E-state index contributed by atoms with van der Waals surface area (Å²) in [5.41, 5.74) is -0.356. The monoisotopic (exact) mass is 350 g/mol. The molecule has 0 spiro atoms. The number of rotatable bonds is 6. The van der Waals surface area contributed by atoms with Gasteiger partial charge in [0.1, 0.15) is 12.1 Å². The minimum atomic E-state index is -0.700. The standard InChI is InChI=1S/C17H10N4O5/c18-7-15-11(9-20(23)24)3-1-5-13(15)17(22)14-6-2-4-12(10-21(25)26)16(14)8-19/h1-6H,9-10H2. The largest absolute Gasteiger partial charge is 0.289 e. The van der Waals surface area contributed by atoms with E-state index in [1.54, 1.807) is 12.1 Å². The van der Waals surface area contributed by atoms with Crippen LogP contribution in [0.5, 0.6) is 0 Å². The van der Waals surface area contributed by atoms with Gasteiger partial charge in [-0.3, -0.25) is 25.0 Å². The van der Waals surface area contributed by atoms with Gasteiger partial charge in [0.15, 0.2) is 5.78 Å². The minimum absolute atomic E-state index is 0.0725. The molecule has 2 aromatic rings. The van der Waals surface area contributed by atoms with Crippen LogP contribution in [0, 0.1) is 42.9 Å². The van der Waals surface area contributed by atoms with Crippen LogP contribution in [0.4, 0.5) is 0 Å². The van der Waals surface area contributed by atoms with E-state index in [0.717, 1.165) is 0 Å². The van der Waals surface area contributed by atoms with Gasteiger partial charge in [0.2, 0.25) is 13.1 Å². The van der Waals surface area contributed by atoms with E-state index in [1.165, 1.54) is 36.4 Å². The van der Waals surface area contributed by atoms with E-state index in [4.69, 9.17) is 0 Å². The minimum Gasteiger partial charge on any atom is -0.289 e. The zero-order valence-corrected chi connectivity index (χ0v) is 13.2. The maximum absolute atomic E-state index is 12.8. The smallest absolute Gasteiger partial charge is 0.230 e. The second-order valence-electron chi connectivity index (χ2n) is 5.21. The Hall–Kier alpha value is -4.11. The molecule has 0 aromatic heterocycles. The summed E-state index contributed by atoms with van der Waals surface area (Å²) in [5, 5.41) is 40.1. The fraction of sp³-hybridized carbons (Fsp3) is 0.118. The highest BCUT2D eigenvalue weighted by Gasteiger charge is 2.23. The van der Waals surface area contributed by atoms with Crippen LogP contribution in [-0.2, 0) is 13.1 Å². The normalized spacial score (nSPS) is 9.77. The van der Waals surface area contributed by atoms with Gasteiger partial charge >= 0.3 is 0 Å². The summed E-state index contributed by atoms with van der Waals surface area (Å²) in [6.07, 6.45) is 0. The molecule has 0 saturated heterocycles. The Labute approximate surface area is 147 Å². The van der Waals surface area contributed by atoms with Gasteiger partial charge in [0.05, 0.1) is 11.1 Å². The third-order valence-electron chi connectivity index (χ3n) is 3.61. The third kappa shape index (κ3) is 3.68. The topological polar surface area (TPSA) is 151 Å². The lowest BCUT2D eigenvalue weighted by Gasteiger charge is -2.09. The van der Waals surface area contributed by atoms with Crippen molar-refractivity contribution >= 4 is 5.78 Å². The van der Waals surface area contributed by atoms with Crippen molar-refractivity contribution in [3.8, 4) is 12.1 Å². The van der Waals surface area contributed by atoms with E-state index in [2.05, 4.69) is 0 Å². The fourth-order valence-electron chi connectivity index (χ4n) is 2.53. The number of carbonyl (C=O) groups is 1. The SMILES string of the molecule is N#Cc1c(C[N+](=O)[O-])cccc1C(=O)c1cccc(C[N+](=O)[O-])c1C#N. The van der Waals surface area contributed by atoms with Gasteiger partial charge in [-0.25, -0.2) is 0 Å². The van der Waals surface area contributed by atoms with E-state index in [-0.39, 0.29) is 33.4 Å². The number of benzene rings is 2. The molecule has 128 valence electrons. The molecular formula is C17H10N4O5. The molecule has 0 bridgehead atoms. The lowest BCUT2D eigenvalue weighted by molar-refractivity contribution is -0.496. The van der Waals surface area contributed by atoms with Crippen LogP contribution in [0.3, 0.4) is 0 Å². The van der Waals surface area contributed by atoms with Crippen molar-refractivity contribution in [3.05, 3.63) is 90.0 Å². The zero-order chi connectivity index (χ0) is 19.3. The Morgan fingerprint density at radius 1 is 0.846 bits per heavy atom. The Morgan fingerprint density at radius 3 is 1.54 bits per heavy atom. The molecular weight excluding hydrogens is 340 g/mol. The van der Waals surface area contributed by atoms with Gasteiger partial charge in [-0.05, 0) is 12.1 Å². The highest BCUT2D eigenvalue weighted by Crippen LogP contribution is 2.22. The average molecular weight is 350 g/mol. The zero-order valence-electron chi connectivity index (χ0n) is 13.2. The van der Waals surface area contributed by atoms with Crippen LogP contribution in [0.25, 0.3) is 0 Å². The molecule has 0 amide bonds. The van der Waals surface area contributed by atoms with Crippen molar-refractivity contribution in [1.29, 1.82) is 10.5 Å². The molecule has 0 fully saturated rings. The van der Waals surface area contributed by atoms with E-state index < -0.39 is 28.7 Å². The van der Waals surface area contributed by atoms with Crippen LogP contribution in [-0.4, -0.2) is 15.6 Å². The molecule has 0 N–H and O–H groups in total. The summed E-state index contributed by atoms with van der Waals surface area (Å²) in [6, 6.07) is 11.8. The van der Waals surface area contributed by atoms with Gasteiger partial charge in [-0.1, -0.05) is 24.3 Å². The van der Waals surface area contributed by atoms with Crippen molar-refractivity contribution in [1.82, 2.24) is 0 Å². The molecule has 0 aliphatic carbocycles. The highest BCUT2D eigenvalue weighted by molar-refractivity contribution is 6.12. The van der Waals surface area contributed by atoms with Gasteiger partial charge in [0.25, 0.3) is 0 Å².